The van der Waals surface area contributed by atoms with Crippen molar-refractivity contribution in [2.75, 3.05) is 40.5 Å². The van der Waals surface area contributed by atoms with Crippen LogP contribution >= 0.6 is 0 Å². The van der Waals surface area contributed by atoms with Crippen LogP contribution in [0.1, 0.15) is 36.2 Å². The van der Waals surface area contributed by atoms with Gasteiger partial charge in [0.1, 0.15) is 11.3 Å². The Kier molecular flexibility index (Phi) is 8.28. The summed E-state index contributed by atoms with van der Waals surface area (Å²) in [6.45, 7) is 7.78. The van der Waals surface area contributed by atoms with Gasteiger partial charge >= 0.3 is 0 Å². The number of para-hydroxylation sites is 1. The molecule has 0 radical (unpaired) electrons. The Balaban J connectivity index is 1.69. The van der Waals surface area contributed by atoms with E-state index in [4.69, 9.17) is 18.6 Å². The normalized spacial score (nSPS) is 11.1. The second-order valence-corrected chi connectivity index (χ2v) is 8.44. The molecule has 1 aromatic heterocycles. The fourth-order valence-electron chi connectivity index (χ4n) is 4.36. The first-order chi connectivity index (χ1) is 17.6. The fraction of sp³-hybridized carbons (Fsp3) is 0.300. The van der Waals surface area contributed by atoms with Crippen molar-refractivity contribution in [3.05, 3.63) is 77.9 Å². The number of methoxy groups -OCH3 is 2. The summed E-state index contributed by atoms with van der Waals surface area (Å²) < 4.78 is 23.5. The summed E-state index contributed by atoms with van der Waals surface area (Å²) >= 11 is 0. The van der Waals surface area contributed by atoms with Gasteiger partial charge in [0.2, 0.25) is 5.75 Å². The predicted octanol–water partition coefficient (Wildman–Crippen LogP) is 6.46. The van der Waals surface area contributed by atoms with Gasteiger partial charge in [0.05, 0.1) is 26.4 Å². The molecule has 0 aliphatic heterocycles. The van der Waals surface area contributed by atoms with Gasteiger partial charge in [-0.15, -0.1) is 0 Å². The van der Waals surface area contributed by atoms with Crippen LogP contribution in [0.3, 0.4) is 0 Å². The van der Waals surface area contributed by atoms with Crippen LogP contribution in [-0.4, -0.2) is 51.1 Å². The standard InChI is InChI=1S/C30H33NO5/c1-5-31(6-2)17-12-18-35-30-25(33-3)19-22(20-26(30)34-4)28(32)27-23-15-10-11-16-24(23)36-29(27)21-13-8-7-9-14-21/h7-11,13-16,19-20H,5-6,12,17-18H2,1-4H3. The summed E-state index contributed by atoms with van der Waals surface area (Å²) in [6.07, 6.45) is 0.871. The van der Waals surface area contributed by atoms with E-state index in [1.165, 1.54) is 0 Å². The number of nitrogens with zero attached hydrogens (tertiary/aromatic N) is 1. The van der Waals surface area contributed by atoms with Crippen LogP contribution in [0.25, 0.3) is 22.3 Å². The number of fused-ring (bicyclic) bond motifs is 1. The minimum atomic E-state index is -0.177. The zero-order valence-corrected chi connectivity index (χ0v) is 21.4. The molecule has 0 spiro atoms. The number of rotatable bonds is 12. The molecule has 6 nitrogen and oxygen atoms in total. The summed E-state index contributed by atoms with van der Waals surface area (Å²) in [5, 5.41) is 0.760. The Morgan fingerprint density at radius 1 is 0.889 bits per heavy atom. The molecule has 0 atom stereocenters. The maximum Gasteiger partial charge on any atom is 0.203 e. The molecule has 0 fully saturated rings. The zero-order valence-electron chi connectivity index (χ0n) is 21.4. The van der Waals surface area contributed by atoms with E-state index in [-0.39, 0.29) is 5.78 Å². The van der Waals surface area contributed by atoms with Gasteiger partial charge in [0.15, 0.2) is 17.3 Å². The van der Waals surface area contributed by atoms with Gasteiger partial charge in [-0.25, -0.2) is 0 Å². The van der Waals surface area contributed by atoms with E-state index in [0.717, 1.165) is 37.0 Å². The summed E-state index contributed by atoms with van der Waals surface area (Å²) in [6, 6.07) is 20.6. The minimum Gasteiger partial charge on any atom is -0.493 e. The quantitative estimate of drug-likeness (QED) is 0.169. The molecule has 3 aromatic carbocycles. The van der Waals surface area contributed by atoms with Gasteiger partial charge in [-0.1, -0.05) is 62.4 Å². The van der Waals surface area contributed by atoms with Crippen molar-refractivity contribution >= 4 is 16.8 Å². The molecule has 4 rings (SSSR count). The van der Waals surface area contributed by atoms with Crippen LogP contribution in [0.2, 0.25) is 0 Å². The third-order valence-corrected chi connectivity index (χ3v) is 6.34. The third-order valence-electron chi connectivity index (χ3n) is 6.34. The van der Waals surface area contributed by atoms with E-state index in [2.05, 4.69) is 18.7 Å². The van der Waals surface area contributed by atoms with E-state index < -0.39 is 0 Å². The SMILES string of the molecule is CCN(CC)CCCOc1c(OC)cc(C(=O)c2c(-c3ccccc3)oc3ccccc23)cc1OC. The molecule has 0 bridgehead atoms. The number of ether oxygens (including phenoxy) is 3. The monoisotopic (exact) mass is 487 g/mol. The first-order valence-electron chi connectivity index (χ1n) is 12.3. The van der Waals surface area contributed by atoms with Crippen LogP contribution < -0.4 is 14.2 Å². The summed E-state index contributed by atoms with van der Waals surface area (Å²) in [5.41, 5.74) is 2.44. The van der Waals surface area contributed by atoms with Crippen LogP contribution in [0.4, 0.5) is 0 Å². The fourth-order valence-corrected chi connectivity index (χ4v) is 4.36. The molecule has 4 aromatic rings. The Morgan fingerprint density at radius 3 is 2.17 bits per heavy atom. The Labute approximate surface area is 212 Å². The van der Waals surface area contributed by atoms with Gasteiger partial charge < -0.3 is 23.5 Å². The average molecular weight is 488 g/mol. The number of furan rings is 1. The molecule has 0 N–H and O–H groups in total. The Bertz CT molecular complexity index is 1280. The van der Waals surface area contributed by atoms with Crippen molar-refractivity contribution in [2.45, 2.75) is 20.3 Å². The second kappa shape index (κ2) is 11.8. The highest BCUT2D eigenvalue weighted by molar-refractivity contribution is 6.20. The van der Waals surface area contributed by atoms with Crippen LogP contribution in [0.15, 0.2) is 71.1 Å². The van der Waals surface area contributed by atoms with Crippen LogP contribution in [0.5, 0.6) is 17.2 Å². The van der Waals surface area contributed by atoms with Crippen molar-refractivity contribution in [2.24, 2.45) is 0 Å². The molecular weight excluding hydrogens is 454 g/mol. The molecule has 0 amide bonds. The highest BCUT2D eigenvalue weighted by Gasteiger charge is 2.25. The molecule has 6 heteroatoms. The molecular formula is C30H33NO5. The van der Waals surface area contributed by atoms with Gasteiger partial charge in [-0.3, -0.25) is 4.79 Å². The summed E-state index contributed by atoms with van der Waals surface area (Å²) in [4.78, 5) is 16.3. The number of ketones is 1. The number of carbonyl (C=O) groups is 1. The molecule has 188 valence electrons. The van der Waals surface area contributed by atoms with Gasteiger partial charge in [0, 0.05) is 23.1 Å². The lowest BCUT2D eigenvalue weighted by molar-refractivity contribution is 0.103. The molecule has 0 saturated carbocycles. The van der Waals surface area contributed by atoms with Crippen LogP contribution in [-0.2, 0) is 0 Å². The lowest BCUT2D eigenvalue weighted by Crippen LogP contribution is -2.25. The second-order valence-electron chi connectivity index (χ2n) is 8.44. The molecule has 1 heterocycles. The van der Waals surface area contributed by atoms with Crippen molar-refractivity contribution in [1.82, 2.24) is 4.90 Å². The lowest BCUT2D eigenvalue weighted by Gasteiger charge is -2.19. The topological polar surface area (TPSA) is 61.1 Å². The highest BCUT2D eigenvalue weighted by Crippen LogP contribution is 2.41. The molecule has 0 aliphatic rings. The third kappa shape index (κ3) is 5.24. The summed E-state index contributed by atoms with van der Waals surface area (Å²) in [7, 11) is 3.13. The van der Waals surface area contributed by atoms with Gasteiger partial charge in [0.25, 0.3) is 0 Å². The summed E-state index contributed by atoms with van der Waals surface area (Å²) in [5.74, 6) is 1.76. The van der Waals surface area contributed by atoms with Gasteiger partial charge in [-0.05, 0) is 37.7 Å². The van der Waals surface area contributed by atoms with E-state index in [9.17, 15) is 4.79 Å². The van der Waals surface area contributed by atoms with E-state index in [1.54, 1.807) is 26.4 Å². The Morgan fingerprint density at radius 2 is 1.53 bits per heavy atom. The van der Waals surface area contributed by atoms with E-state index >= 15 is 0 Å². The lowest BCUT2D eigenvalue weighted by atomic mass is 9.97. The molecule has 0 saturated heterocycles. The van der Waals surface area contributed by atoms with Crippen molar-refractivity contribution in [1.29, 1.82) is 0 Å². The van der Waals surface area contributed by atoms with Crippen molar-refractivity contribution in [3.8, 4) is 28.6 Å². The highest BCUT2D eigenvalue weighted by atomic mass is 16.5. The zero-order chi connectivity index (χ0) is 25.5. The average Bonchev–Trinajstić information content (AvgIpc) is 3.32. The largest absolute Gasteiger partial charge is 0.493 e. The maximum atomic E-state index is 13.9. The van der Waals surface area contributed by atoms with Crippen molar-refractivity contribution < 1.29 is 23.4 Å². The first kappa shape index (κ1) is 25.3. The number of benzene rings is 3. The molecule has 0 unspecified atom stereocenters. The Hall–Kier alpha value is -3.77. The predicted molar refractivity (Wildman–Crippen MR) is 143 cm³/mol. The number of hydrogen-bond donors (Lipinski definition) is 0. The first-order valence-corrected chi connectivity index (χ1v) is 12.3. The maximum absolute atomic E-state index is 13.9. The van der Waals surface area contributed by atoms with Crippen molar-refractivity contribution in [3.63, 3.8) is 0 Å². The number of carbonyl (C=O) groups excluding carboxylic acids is 1. The van der Waals surface area contributed by atoms with Crippen LogP contribution in [0, 0.1) is 0 Å². The smallest absolute Gasteiger partial charge is 0.203 e. The van der Waals surface area contributed by atoms with Gasteiger partial charge in [-0.2, -0.15) is 0 Å². The van der Waals surface area contributed by atoms with E-state index in [1.807, 2.05) is 54.6 Å². The minimum absolute atomic E-state index is 0.177. The molecule has 36 heavy (non-hydrogen) atoms. The molecule has 0 aliphatic carbocycles. The van der Waals surface area contributed by atoms with E-state index in [0.29, 0.717) is 46.3 Å². The number of hydrogen-bond acceptors (Lipinski definition) is 6.